The number of hydrogen-bond donors (Lipinski definition) is 1. The molecule has 0 radical (unpaired) electrons. The largest absolute Gasteiger partial charge is 0.398 e. The molecule has 2 aromatic rings. The topological polar surface area (TPSA) is 29.3 Å². The van der Waals surface area contributed by atoms with Gasteiger partial charge in [0.15, 0.2) is 0 Å². The maximum atomic E-state index is 5.91. The minimum atomic E-state index is 0.603. The van der Waals surface area contributed by atoms with Gasteiger partial charge in [-0.05, 0) is 36.9 Å². The van der Waals surface area contributed by atoms with Gasteiger partial charge in [-0.1, -0.05) is 29.3 Å². The highest BCUT2D eigenvalue weighted by Crippen LogP contribution is 2.24. The maximum Gasteiger partial charge on any atom is 0.0931 e. The number of nitrogens with zero attached hydrogens (tertiary/aromatic N) is 1. The fraction of sp³-hybridized carbons (Fsp3) is 0.231. The molecule has 2 N–H and O–H groups in total. The van der Waals surface area contributed by atoms with Crippen molar-refractivity contribution in [3.05, 3.63) is 50.1 Å². The van der Waals surface area contributed by atoms with Crippen molar-refractivity contribution in [2.24, 2.45) is 0 Å². The van der Waals surface area contributed by atoms with E-state index in [1.54, 1.807) is 11.3 Å². The molecule has 0 saturated carbocycles. The smallest absolute Gasteiger partial charge is 0.0931 e. The van der Waals surface area contributed by atoms with E-state index >= 15 is 0 Å². The molecular weight excluding hydrogens is 287 g/mol. The van der Waals surface area contributed by atoms with Gasteiger partial charge in [0, 0.05) is 18.0 Å². The molecule has 0 amide bonds. The lowest BCUT2D eigenvalue weighted by molar-refractivity contribution is 0.322. The molecule has 0 bridgehead atoms. The van der Waals surface area contributed by atoms with E-state index < -0.39 is 0 Å². The first-order valence-corrected chi connectivity index (χ1v) is 7.08. The Morgan fingerprint density at radius 1 is 1.17 bits per heavy atom. The summed E-state index contributed by atoms with van der Waals surface area (Å²) in [5, 5.41) is 0.603. The normalized spacial score (nSPS) is 11.1. The second kappa shape index (κ2) is 5.93. The zero-order valence-electron chi connectivity index (χ0n) is 9.99. The van der Waals surface area contributed by atoms with Gasteiger partial charge in [-0.2, -0.15) is 0 Å². The fourth-order valence-corrected chi connectivity index (χ4v) is 3.05. The molecule has 0 aliphatic rings. The van der Waals surface area contributed by atoms with Gasteiger partial charge in [-0.15, -0.1) is 11.3 Å². The van der Waals surface area contributed by atoms with E-state index in [1.165, 1.54) is 4.88 Å². The van der Waals surface area contributed by atoms with Crippen molar-refractivity contribution in [3.8, 4) is 0 Å². The lowest BCUT2D eigenvalue weighted by Crippen LogP contribution is -2.16. The molecule has 1 aromatic carbocycles. The Morgan fingerprint density at radius 3 is 2.56 bits per heavy atom. The summed E-state index contributed by atoms with van der Waals surface area (Å²) in [4.78, 5) is 3.47. The Kier molecular flexibility index (Phi) is 4.51. The minimum Gasteiger partial charge on any atom is -0.398 e. The van der Waals surface area contributed by atoms with E-state index in [4.69, 9.17) is 28.9 Å². The monoisotopic (exact) mass is 300 g/mol. The van der Waals surface area contributed by atoms with Crippen LogP contribution < -0.4 is 5.73 Å². The van der Waals surface area contributed by atoms with Gasteiger partial charge >= 0.3 is 0 Å². The van der Waals surface area contributed by atoms with Crippen LogP contribution in [0.2, 0.25) is 9.36 Å². The summed E-state index contributed by atoms with van der Waals surface area (Å²) in [5.41, 5.74) is 7.57. The second-order valence-electron chi connectivity index (χ2n) is 4.23. The van der Waals surface area contributed by atoms with Crippen LogP contribution in [0.1, 0.15) is 10.4 Å². The van der Waals surface area contributed by atoms with Crippen molar-refractivity contribution in [2.45, 2.75) is 13.1 Å². The number of hydrogen-bond acceptors (Lipinski definition) is 3. The molecule has 2 nitrogen and oxygen atoms in total. The molecule has 2 rings (SSSR count). The highest BCUT2D eigenvalue weighted by atomic mass is 35.5. The molecule has 1 heterocycles. The first-order chi connectivity index (χ1) is 8.54. The first-order valence-electron chi connectivity index (χ1n) is 5.51. The van der Waals surface area contributed by atoms with Crippen LogP contribution in [0, 0.1) is 0 Å². The molecule has 0 atom stereocenters. The molecule has 0 aliphatic heterocycles. The number of nitrogens with two attached hydrogens (primary N) is 1. The summed E-state index contributed by atoms with van der Waals surface area (Å²) < 4.78 is 0.828. The zero-order chi connectivity index (χ0) is 13.1. The third-order valence-corrected chi connectivity index (χ3v) is 4.13. The van der Waals surface area contributed by atoms with Gasteiger partial charge in [-0.3, -0.25) is 4.90 Å². The van der Waals surface area contributed by atoms with Crippen molar-refractivity contribution in [1.82, 2.24) is 4.90 Å². The Hall–Kier alpha value is -0.740. The maximum absolute atomic E-state index is 5.91. The predicted octanol–water partition coefficient (Wildman–Crippen LogP) is 4.27. The van der Waals surface area contributed by atoms with Crippen LogP contribution in [0.15, 0.2) is 30.3 Å². The van der Waals surface area contributed by atoms with Crippen molar-refractivity contribution in [2.75, 3.05) is 12.8 Å². The molecule has 0 unspecified atom stereocenters. The first kappa shape index (κ1) is 13.7. The van der Waals surface area contributed by atoms with Crippen molar-refractivity contribution in [3.63, 3.8) is 0 Å². The minimum absolute atomic E-state index is 0.603. The Morgan fingerprint density at radius 2 is 1.94 bits per heavy atom. The van der Waals surface area contributed by atoms with Gasteiger partial charge in [0.1, 0.15) is 0 Å². The lowest BCUT2D eigenvalue weighted by atomic mass is 10.2. The highest BCUT2D eigenvalue weighted by molar-refractivity contribution is 7.16. The molecular formula is C13H14Cl2N2S. The van der Waals surface area contributed by atoms with Crippen LogP contribution in [0.4, 0.5) is 5.69 Å². The molecule has 18 heavy (non-hydrogen) atoms. The summed E-state index contributed by atoms with van der Waals surface area (Å²) in [6.07, 6.45) is 0. The molecule has 0 saturated heterocycles. The van der Waals surface area contributed by atoms with Crippen LogP contribution in [0.3, 0.4) is 0 Å². The zero-order valence-corrected chi connectivity index (χ0v) is 12.3. The standard InChI is InChI=1S/C13H14Cl2N2S/c1-17(8-10-3-5-13(15)18-10)7-9-2-4-11(14)12(16)6-9/h2-6H,7-8,16H2,1H3. The molecule has 0 aliphatic carbocycles. The SMILES string of the molecule is CN(Cc1ccc(Cl)c(N)c1)Cc1ccc(Cl)s1. The molecule has 0 spiro atoms. The molecule has 0 fully saturated rings. The van der Waals surface area contributed by atoms with E-state index in [0.717, 1.165) is 23.0 Å². The Labute approximate surface area is 121 Å². The van der Waals surface area contributed by atoms with E-state index in [9.17, 15) is 0 Å². The number of nitrogen functional groups attached to an aromatic ring is 1. The third-order valence-electron chi connectivity index (χ3n) is 2.57. The fourth-order valence-electron chi connectivity index (χ4n) is 1.76. The summed E-state index contributed by atoms with van der Waals surface area (Å²) in [5.74, 6) is 0. The Bertz CT molecular complexity index is 540. The van der Waals surface area contributed by atoms with E-state index in [0.29, 0.717) is 10.7 Å². The number of thiophene rings is 1. The molecule has 96 valence electrons. The summed E-state index contributed by atoms with van der Waals surface area (Å²) in [7, 11) is 2.07. The average Bonchev–Trinajstić information content (AvgIpc) is 2.69. The second-order valence-corrected chi connectivity index (χ2v) is 6.44. The lowest BCUT2D eigenvalue weighted by Gasteiger charge is -2.16. The van der Waals surface area contributed by atoms with Gasteiger partial charge in [0.05, 0.1) is 15.0 Å². The summed E-state index contributed by atoms with van der Waals surface area (Å²) in [6, 6.07) is 9.73. The number of halogens is 2. The highest BCUT2D eigenvalue weighted by Gasteiger charge is 2.05. The van der Waals surface area contributed by atoms with E-state index in [-0.39, 0.29) is 0 Å². The van der Waals surface area contributed by atoms with Crippen LogP contribution in [0.25, 0.3) is 0 Å². The number of rotatable bonds is 4. The van der Waals surface area contributed by atoms with Crippen LogP contribution in [-0.4, -0.2) is 11.9 Å². The summed E-state index contributed by atoms with van der Waals surface area (Å²) in [6.45, 7) is 1.71. The average molecular weight is 301 g/mol. The van der Waals surface area contributed by atoms with Crippen LogP contribution in [-0.2, 0) is 13.1 Å². The van der Waals surface area contributed by atoms with E-state index in [1.807, 2.05) is 24.3 Å². The van der Waals surface area contributed by atoms with Crippen LogP contribution in [0.5, 0.6) is 0 Å². The van der Waals surface area contributed by atoms with Crippen molar-refractivity contribution < 1.29 is 0 Å². The molecule has 1 aromatic heterocycles. The van der Waals surface area contributed by atoms with Crippen LogP contribution >= 0.6 is 34.5 Å². The van der Waals surface area contributed by atoms with Gasteiger partial charge in [-0.25, -0.2) is 0 Å². The third kappa shape index (κ3) is 3.62. The van der Waals surface area contributed by atoms with E-state index in [2.05, 4.69) is 18.0 Å². The predicted molar refractivity (Wildman–Crippen MR) is 80.4 cm³/mol. The quantitative estimate of drug-likeness (QED) is 0.855. The van der Waals surface area contributed by atoms with Crippen molar-refractivity contribution >= 4 is 40.2 Å². The number of benzene rings is 1. The molecule has 5 heteroatoms. The van der Waals surface area contributed by atoms with Crippen molar-refractivity contribution in [1.29, 1.82) is 0 Å². The Balaban J connectivity index is 1.98. The van der Waals surface area contributed by atoms with Gasteiger partial charge in [0.2, 0.25) is 0 Å². The summed E-state index contributed by atoms with van der Waals surface area (Å²) >= 11 is 13.4. The van der Waals surface area contributed by atoms with Gasteiger partial charge in [0.25, 0.3) is 0 Å². The van der Waals surface area contributed by atoms with Gasteiger partial charge < -0.3 is 5.73 Å². The number of anilines is 1.